The van der Waals surface area contributed by atoms with Crippen molar-refractivity contribution in [2.75, 3.05) is 20.2 Å². The van der Waals surface area contributed by atoms with Crippen molar-refractivity contribution in [2.24, 2.45) is 0 Å². The van der Waals surface area contributed by atoms with Gasteiger partial charge in [-0.15, -0.1) is 0 Å². The zero-order chi connectivity index (χ0) is 17.2. The summed E-state index contributed by atoms with van der Waals surface area (Å²) in [5.74, 6) is 0.212. The summed E-state index contributed by atoms with van der Waals surface area (Å²) < 4.78 is 5.28. The predicted octanol–water partition coefficient (Wildman–Crippen LogP) is 4.42. The largest absolute Gasteiger partial charge is 0.497 e. The molecule has 0 fully saturated rings. The van der Waals surface area contributed by atoms with E-state index in [2.05, 4.69) is 37.8 Å². The first-order valence-corrected chi connectivity index (χ1v) is 8.60. The lowest BCUT2D eigenvalue weighted by atomic mass is 10.0. The second-order valence-corrected chi connectivity index (χ2v) is 6.09. The molecular weight excluding hydrogens is 290 g/mol. The maximum absolute atomic E-state index is 10.5. The monoisotopic (exact) mass is 321 g/mol. The summed E-state index contributed by atoms with van der Waals surface area (Å²) >= 11 is 0. The third kappa shape index (κ3) is 6.61. The molecule has 4 heteroatoms. The van der Waals surface area contributed by atoms with Gasteiger partial charge in [-0.1, -0.05) is 25.8 Å². The lowest BCUT2D eigenvalue weighted by Crippen LogP contribution is -2.28. The molecule has 1 aromatic carbocycles. The van der Waals surface area contributed by atoms with E-state index in [-0.39, 0.29) is 0 Å². The highest BCUT2D eigenvalue weighted by Crippen LogP contribution is 2.26. The van der Waals surface area contributed by atoms with E-state index in [0.29, 0.717) is 12.5 Å². The molecular formula is C19H31NO3. The average Bonchev–Trinajstić information content (AvgIpc) is 2.53. The van der Waals surface area contributed by atoms with E-state index in [9.17, 15) is 4.79 Å². The number of hydrogen-bond donors (Lipinski definition) is 1. The highest BCUT2D eigenvalue weighted by atomic mass is 16.5. The summed E-state index contributed by atoms with van der Waals surface area (Å²) in [6.45, 7) is 8.65. The zero-order valence-corrected chi connectivity index (χ0v) is 15.0. The summed E-state index contributed by atoms with van der Waals surface area (Å²) in [5.41, 5.74) is 2.61. The lowest BCUT2D eigenvalue weighted by Gasteiger charge is -2.29. The van der Waals surface area contributed by atoms with Gasteiger partial charge in [0.15, 0.2) is 0 Å². The molecule has 0 spiro atoms. The Hall–Kier alpha value is -1.55. The van der Waals surface area contributed by atoms with E-state index in [4.69, 9.17) is 9.84 Å². The van der Waals surface area contributed by atoms with Crippen molar-refractivity contribution in [3.63, 3.8) is 0 Å². The van der Waals surface area contributed by atoms with Gasteiger partial charge in [0.25, 0.3) is 0 Å². The molecule has 0 aliphatic rings. The first kappa shape index (κ1) is 19.5. The van der Waals surface area contributed by atoms with Gasteiger partial charge in [-0.25, -0.2) is 0 Å². The Morgan fingerprint density at radius 1 is 1.26 bits per heavy atom. The van der Waals surface area contributed by atoms with E-state index in [1.807, 2.05) is 6.07 Å². The van der Waals surface area contributed by atoms with Crippen molar-refractivity contribution >= 4 is 5.97 Å². The minimum Gasteiger partial charge on any atom is -0.497 e. The van der Waals surface area contributed by atoms with Gasteiger partial charge >= 0.3 is 5.97 Å². The van der Waals surface area contributed by atoms with Gasteiger partial charge in [0.2, 0.25) is 0 Å². The van der Waals surface area contributed by atoms with E-state index < -0.39 is 5.97 Å². The second kappa shape index (κ2) is 10.3. The van der Waals surface area contributed by atoms with E-state index in [1.54, 1.807) is 7.11 Å². The molecule has 0 saturated heterocycles. The maximum atomic E-state index is 10.5. The normalized spacial score (nSPS) is 12.4. The summed E-state index contributed by atoms with van der Waals surface area (Å²) in [6, 6.07) is 6.66. The maximum Gasteiger partial charge on any atom is 0.303 e. The van der Waals surface area contributed by atoms with Crippen LogP contribution in [0, 0.1) is 6.92 Å². The highest BCUT2D eigenvalue weighted by molar-refractivity contribution is 5.66. The number of carboxylic acids is 1. The van der Waals surface area contributed by atoms with Crippen molar-refractivity contribution in [1.82, 2.24) is 4.90 Å². The standard InChI is InChI=1S/C19H31NO3/c1-5-20(13-9-7-6-8-10-19(21)22)16(3)18-12-11-17(23-4)14-15(18)2/h11-12,14,16H,5-10,13H2,1-4H3,(H,21,22). The van der Waals surface area contributed by atoms with Crippen LogP contribution in [0.2, 0.25) is 0 Å². The van der Waals surface area contributed by atoms with Crippen molar-refractivity contribution < 1.29 is 14.6 Å². The molecule has 0 aliphatic carbocycles. The van der Waals surface area contributed by atoms with Gasteiger partial charge in [0.1, 0.15) is 5.75 Å². The molecule has 0 radical (unpaired) electrons. The molecule has 0 aliphatic heterocycles. The Kier molecular flexibility index (Phi) is 8.70. The summed E-state index contributed by atoms with van der Waals surface area (Å²) in [4.78, 5) is 13.0. The minimum absolute atomic E-state index is 0.291. The number of aliphatic carboxylic acids is 1. The molecule has 1 unspecified atom stereocenters. The molecule has 1 N–H and O–H groups in total. The molecule has 23 heavy (non-hydrogen) atoms. The molecule has 1 atom stereocenters. The molecule has 0 aromatic heterocycles. The number of benzene rings is 1. The number of rotatable bonds is 11. The number of carboxylic acid groups (broad SMARTS) is 1. The molecule has 1 rings (SSSR count). The molecule has 4 nitrogen and oxygen atoms in total. The SMILES string of the molecule is CCN(CCCCCCC(=O)O)C(C)c1ccc(OC)cc1C. The van der Waals surface area contributed by atoms with Crippen LogP contribution in [0.4, 0.5) is 0 Å². The molecule has 0 bridgehead atoms. The van der Waals surface area contributed by atoms with Gasteiger partial charge in [-0.2, -0.15) is 0 Å². The van der Waals surface area contributed by atoms with Crippen molar-refractivity contribution in [3.8, 4) is 5.75 Å². The number of hydrogen-bond acceptors (Lipinski definition) is 3. The van der Waals surface area contributed by atoms with Crippen LogP contribution in [-0.4, -0.2) is 36.2 Å². The Morgan fingerprint density at radius 3 is 2.52 bits per heavy atom. The van der Waals surface area contributed by atoms with Crippen molar-refractivity contribution in [3.05, 3.63) is 29.3 Å². The Labute approximate surface area is 140 Å². The van der Waals surface area contributed by atoms with E-state index in [1.165, 1.54) is 11.1 Å². The van der Waals surface area contributed by atoms with Crippen LogP contribution in [-0.2, 0) is 4.79 Å². The van der Waals surface area contributed by atoms with E-state index >= 15 is 0 Å². The molecule has 130 valence electrons. The van der Waals surface area contributed by atoms with E-state index in [0.717, 1.165) is 44.5 Å². The Balaban J connectivity index is 2.48. The third-order valence-electron chi connectivity index (χ3n) is 4.47. The summed E-state index contributed by atoms with van der Waals surface area (Å²) in [6.07, 6.45) is 4.29. The van der Waals surface area contributed by atoms with Crippen LogP contribution in [0.25, 0.3) is 0 Å². The molecule has 0 heterocycles. The second-order valence-electron chi connectivity index (χ2n) is 6.09. The number of methoxy groups -OCH3 is 1. The number of ether oxygens (including phenoxy) is 1. The fraction of sp³-hybridized carbons (Fsp3) is 0.632. The quantitative estimate of drug-likeness (QED) is 0.613. The number of aryl methyl sites for hydroxylation is 1. The highest BCUT2D eigenvalue weighted by Gasteiger charge is 2.16. The number of unbranched alkanes of at least 4 members (excludes halogenated alkanes) is 3. The summed E-state index contributed by atoms with van der Waals surface area (Å²) in [5, 5.41) is 8.64. The van der Waals surface area contributed by atoms with Crippen LogP contribution in [0.1, 0.15) is 63.1 Å². The van der Waals surface area contributed by atoms with Crippen LogP contribution in [0.5, 0.6) is 5.75 Å². The van der Waals surface area contributed by atoms with Gasteiger partial charge in [-0.3, -0.25) is 9.69 Å². The van der Waals surface area contributed by atoms with Crippen molar-refractivity contribution in [2.45, 2.75) is 58.9 Å². The zero-order valence-electron chi connectivity index (χ0n) is 15.0. The third-order valence-corrected chi connectivity index (χ3v) is 4.47. The summed E-state index contributed by atoms with van der Waals surface area (Å²) in [7, 11) is 1.70. The van der Waals surface area contributed by atoms with Crippen LogP contribution in [0.3, 0.4) is 0 Å². The average molecular weight is 321 g/mol. The van der Waals surface area contributed by atoms with Gasteiger partial charge in [0.05, 0.1) is 7.11 Å². The van der Waals surface area contributed by atoms with Crippen molar-refractivity contribution in [1.29, 1.82) is 0 Å². The smallest absolute Gasteiger partial charge is 0.303 e. The minimum atomic E-state index is -0.691. The first-order valence-electron chi connectivity index (χ1n) is 8.60. The molecule has 0 amide bonds. The van der Waals surface area contributed by atoms with Crippen LogP contribution >= 0.6 is 0 Å². The van der Waals surface area contributed by atoms with Crippen LogP contribution < -0.4 is 4.74 Å². The Morgan fingerprint density at radius 2 is 1.96 bits per heavy atom. The number of nitrogens with zero attached hydrogens (tertiary/aromatic N) is 1. The van der Waals surface area contributed by atoms with Gasteiger partial charge in [0, 0.05) is 12.5 Å². The fourth-order valence-corrected chi connectivity index (χ4v) is 3.01. The molecule has 0 saturated carbocycles. The van der Waals surface area contributed by atoms with Gasteiger partial charge < -0.3 is 9.84 Å². The first-order chi connectivity index (χ1) is 11.0. The fourth-order valence-electron chi connectivity index (χ4n) is 3.01. The predicted molar refractivity (Wildman–Crippen MR) is 94.1 cm³/mol. The van der Waals surface area contributed by atoms with Crippen LogP contribution in [0.15, 0.2) is 18.2 Å². The van der Waals surface area contributed by atoms with Gasteiger partial charge in [-0.05, 0) is 63.0 Å². The molecule has 1 aromatic rings. The number of carbonyl (C=O) groups is 1. The lowest BCUT2D eigenvalue weighted by molar-refractivity contribution is -0.137. The Bertz CT molecular complexity index is 488. The topological polar surface area (TPSA) is 49.8 Å².